The molecule has 206 valence electrons. The zero-order chi connectivity index (χ0) is 28.0. The summed E-state index contributed by atoms with van der Waals surface area (Å²) in [6.45, 7) is 0.256. The van der Waals surface area contributed by atoms with Crippen LogP contribution < -0.4 is 9.62 Å². The van der Waals surface area contributed by atoms with Crippen molar-refractivity contribution in [2.75, 3.05) is 4.90 Å². The standard InChI is InChI=1S/C30H28ClFN4O3S/c1-35-13-12-33-29(35)18-36(30(37)27-17-25(27)20-4-2-6-22(32)14-20)23-10-8-19-9-11-28(26(19)16-23)34-40(38,39)24-7-3-5-21(31)15-24/h2-8,10,12-16,25,27-28,34H,9,11,17-18H2,1H3/t25-,27-,28-/m0/s1. The van der Waals surface area contributed by atoms with E-state index in [9.17, 15) is 17.6 Å². The van der Waals surface area contributed by atoms with E-state index in [1.807, 2.05) is 42.1 Å². The second-order valence-corrected chi connectivity index (χ2v) is 12.6. The zero-order valence-corrected chi connectivity index (χ0v) is 23.4. The molecule has 0 aliphatic heterocycles. The fourth-order valence-electron chi connectivity index (χ4n) is 5.53. The summed E-state index contributed by atoms with van der Waals surface area (Å²) in [6.07, 6.45) is 5.49. The lowest BCUT2D eigenvalue weighted by atomic mass is 10.1. The van der Waals surface area contributed by atoms with Gasteiger partial charge in [-0.2, -0.15) is 0 Å². The van der Waals surface area contributed by atoms with Crippen molar-refractivity contribution in [2.45, 2.75) is 42.7 Å². The van der Waals surface area contributed by atoms with Crippen molar-refractivity contribution in [3.8, 4) is 0 Å². The molecule has 1 N–H and O–H groups in total. The van der Waals surface area contributed by atoms with Crippen LogP contribution in [0.2, 0.25) is 5.02 Å². The first kappa shape index (κ1) is 26.7. The summed E-state index contributed by atoms with van der Waals surface area (Å²) >= 11 is 6.04. The Hall–Kier alpha value is -3.53. The molecule has 2 aliphatic rings. The van der Waals surface area contributed by atoms with Crippen molar-refractivity contribution in [1.82, 2.24) is 14.3 Å². The van der Waals surface area contributed by atoms with E-state index in [0.29, 0.717) is 23.6 Å². The lowest BCUT2D eigenvalue weighted by Crippen LogP contribution is -2.33. The molecular weight excluding hydrogens is 551 g/mol. The molecule has 1 aromatic heterocycles. The summed E-state index contributed by atoms with van der Waals surface area (Å²) in [6, 6.07) is 17.9. The highest BCUT2D eigenvalue weighted by atomic mass is 35.5. The predicted molar refractivity (Wildman–Crippen MR) is 151 cm³/mol. The number of nitrogens with one attached hydrogen (secondary N) is 1. The summed E-state index contributed by atoms with van der Waals surface area (Å²) in [5.41, 5.74) is 3.37. The average molecular weight is 579 g/mol. The van der Waals surface area contributed by atoms with Crippen LogP contribution in [0.3, 0.4) is 0 Å². The van der Waals surface area contributed by atoms with Gasteiger partial charge in [0.05, 0.1) is 11.4 Å². The maximum atomic E-state index is 13.9. The number of carbonyl (C=O) groups is 1. The van der Waals surface area contributed by atoms with Gasteiger partial charge in [0.2, 0.25) is 15.9 Å². The number of carbonyl (C=O) groups excluding carboxylic acids is 1. The highest BCUT2D eigenvalue weighted by Gasteiger charge is 2.46. The van der Waals surface area contributed by atoms with Gasteiger partial charge in [0.25, 0.3) is 0 Å². The molecule has 10 heteroatoms. The van der Waals surface area contributed by atoms with E-state index in [1.165, 1.54) is 24.3 Å². The van der Waals surface area contributed by atoms with Crippen molar-refractivity contribution in [3.05, 3.63) is 112 Å². The minimum Gasteiger partial charge on any atom is -0.337 e. The molecule has 3 atom stereocenters. The van der Waals surface area contributed by atoms with E-state index in [-0.39, 0.29) is 35.0 Å². The van der Waals surface area contributed by atoms with Crippen LogP contribution in [0.25, 0.3) is 0 Å². The smallest absolute Gasteiger partial charge is 0.241 e. The Bertz CT molecular complexity index is 1710. The molecule has 0 bridgehead atoms. The zero-order valence-electron chi connectivity index (χ0n) is 21.8. The minimum absolute atomic E-state index is 0.0428. The molecule has 3 aromatic carbocycles. The summed E-state index contributed by atoms with van der Waals surface area (Å²) in [7, 11) is -1.93. The fourth-order valence-corrected chi connectivity index (χ4v) is 7.08. The van der Waals surface area contributed by atoms with Crippen LogP contribution in [0.15, 0.2) is 84.0 Å². The van der Waals surface area contributed by atoms with Gasteiger partial charge in [-0.05, 0) is 84.3 Å². The second-order valence-electron chi connectivity index (χ2n) is 10.4. The van der Waals surface area contributed by atoms with E-state index >= 15 is 0 Å². The van der Waals surface area contributed by atoms with Gasteiger partial charge in [0, 0.05) is 42.1 Å². The summed E-state index contributed by atoms with van der Waals surface area (Å²) in [5.74, 6) is 0.0258. The summed E-state index contributed by atoms with van der Waals surface area (Å²) in [5, 5.41) is 0.344. The number of nitrogens with zero attached hydrogens (tertiary/aromatic N) is 3. The first-order valence-corrected chi connectivity index (χ1v) is 15.0. The Labute approximate surface area is 237 Å². The molecule has 1 amide bonds. The van der Waals surface area contributed by atoms with Gasteiger partial charge >= 0.3 is 0 Å². The molecule has 2 aliphatic carbocycles. The number of aryl methyl sites for hydroxylation is 2. The normalized spacial score (nSPS) is 19.8. The molecular formula is C30H28ClFN4O3S. The summed E-state index contributed by atoms with van der Waals surface area (Å²) < 4.78 is 44.8. The molecule has 0 saturated heterocycles. The Morgan fingerprint density at radius 1 is 1.15 bits per heavy atom. The van der Waals surface area contributed by atoms with Crippen LogP contribution in [-0.2, 0) is 34.8 Å². The van der Waals surface area contributed by atoms with Crippen LogP contribution in [-0.4, -0.2) is 23.9 Å². The maximum Gasteiger partial charge on any atom is 0.241 e. The molecule has 40 heavy (non-hydrogen) atoms. The first-order chi connectivity index (χ1) is 19.2. The van der Waals surface area contributed by atoms with Crippen LogP contribution in [0, 0.1) is 11.7 Å². The van der Waals surface area contributed by atoms with Crippen LogP contribution in [0.1, 0.15) is 47.3 Å². The number of sulfonamides is 1. The third kappa shape index (κ3) is 5.29. The molecule has 1 saturated carbocycles. The first-order valence-electron chi connectivity index (χ1n) is 13.1. The van der Waals surface area contributed by atoms with Crippen LogP contribution >= 0.6 is 11.6 Å². The minimum atomic E-state index is -3.81. The Kier molecular flexibility index (Phi) is 6.98. The van der Waals surface area contributed by atoms with Crippen LogP contribution in [0.5, 0.6) is 0 Å². The number of aromatic nitrogens is 2. The van der Waals surface area contributed by atoms with Gasteiger partial charge in [0.1, 0.15) is 11.6 Å². The monoisotopic (exact) mass is 578 g/mol. The van der Waals surface area contributed by atoms with Gasteiger partial charge in [0.15, 0.2) is 0 Å². The van der Waals surface area contributed by atoms with E-state index < -0.39 is 16.1 Å². The van der Waals surface area contributed by atoms with E-state index in [4.69, 9.17) is 11.6 Å². The number of hydrogen-bond acceptors (Lipinski definition) is 4. The number of imidazole rings is 1. The lowest BCUT2D eigenvalue weighted by Gasteiger charge is -2.25. The van der Waals surface area contributed by atoms with E-state index in [1.54, 1.807) is 29.3 Å². The van der Waals surface area contributed by atoms with Crippen molar-refractivity contribution >= 4 is 33.2 Å². The number of anilines is 1. The summed E-state index contributed by atoms with van der Waals surface area (Å²) in [4.78, 5) is 20.2. The fraction of sp³-hybridized carbons (Fsp3) is 0.267. The third-order valence-corrected chi connectivity index (χ3v) is 9.50. The Balaban J connectivity index is 1.30. The molecule has 7 nitrogen and oxygen atoms in total. The van der Waals surface area contributed by atoms with Crippen molar-refractivity contribution in [1.29, 1.82) is 0 Å². The number of rotatable bonds is 8. The molecule has 0 spiro atoms. The topological polar surface area (TPSA) is 84.3 Å². The average Bonchev–Trinajstić information content (AvgIpc) is 3.50. The SMILES string of the molecule is Cn1ccnc1CN(C(=O)[C@H]1C[C@H]1c1cccc(F)c1)c1ccc2c(c1)[C@@H](NS(=O)(=O)c1cccc(Cl)c1)CC2. The quantitative estimate of drug-likeness (QED) is 0.299. The number of benzene rings is 3. The number of amides is 1. The van der Waals surface area contributed by atoms with Gasteiger partial charge in [-0.15, -0.1) is 0 Å². The van der Waals surface area contributed by atoms with Crippen molar-refractivity contribution in [3.63, 3.8) is 0 Å². The molecule has 0 radical (unpaired) electrons. The Morgan fingerprint density at radius 3 is 2.73 bits per heavy atom. The Morgan fingerprint density at radius 2 is 1.98 bits per heavy atom. The number of fused-ring (bicyclic) bond motifs is 1. The molecule has 1 heterocycles. The van der Waals surface area contributed by atoms with Gasteiger partial charge in [-0.3, -0.25) is 4.79 Å². The highest BCUT2D eigenvalue weighted by Crippen LogP contribution is 2.49. The van der Waals surface area contributed by atoms with E-state index in [0.717, 1.165) is 28.9 Å². The van der Waals surface area contributed by atoms with Crippen LogP contribution in [0.4, 0.5) is 10.1 Å². The molecule has 1 fully saturated rings. The van der Waals surface area contributed by atoms with Crippen molar-refractivity contribution in [2.24, 2.45) is 13.0 Å². The lowest BCUT2D eigenvalue weighted by molar-refractivity contribution is -0.120. The largest absolute Gasteiger partial charge is 0.337 e. The maximum absolute atomic E-state index is 13.9. The van der Waals surface area contributed by atoms with Crippen molar-refractivity contribution < 1.29 is 17.6 Å². The highest BCUT2D eigenvalue weighted by molar-refractivity contribution is 7.89. The number of halogens is 2. The van der Waals surface area contributed by atoms with Gasteiger partial charge < -0.3 is 9.47 Å². The molecule has 4 aromatic rings. The van der Waals surface area contributed by atoms with Gasteiger partial charge in [-0.25, -0.2) is 22.5 Å². The number of hydrogen-bond donors (Lipinski definition) is 1. The molecule has 0 unspecified atom stereocenters. The van der Waals surface area contributed by atoms with E-state index in [2.05, 4.69) is 9.71 Å². The second kappa shape index (κ2) is 10.5. The third-order valence-electron chi connectivity index (χ3n) is 7.79. The van der Waals surface area contributed by atoms with Gasteiger partial charge in [-0.1, -0.05) is 35.9 Å². The predicted octanol–water partition coefficient (Wildman–Crippen LogP) is 5.52. The molecule has 6 rings (SSSR count).